The van der Waals surface area contributed by atoms with E-state index in [1.165, 1.54) is 12.1 Å². The van der Waals surface area contributed by atoms with Crippen LogP contribution in [0.3, 0.4) is 0 Å². The molecule has 7 heteroatoms. The number of aryl methyl sites for hydroxylation is 1. The van der Waals surface area contributed by atoms with E-state index in [0.717, 1.165) is 24.0 Å². The molecule has 3 rings (SSSR count). The highest BCUT2D eigenvalue weighted by Crippen LogP contribution is 2.28. The zero-order valence-electron chi connectivity index (χ0n) is 18.0. The number of carbonyl (C=O) groups excluding carboxylic acids is 2. The van der Waals surface area contributed by atoms with Gasteiger partial charge in [-0.25, -0.2) is 4.39 Å². The lowest BCUT2D eigenvalue weighted by atomic mass is 10.0. The number of benzene rings is 2. The molecule has 1 N–H and O–H groups in total. The topological polar surface area (TPSA) is 67.9 Å². The number of hydrogen-bond donors (Lipinski definition) is 1. The minimum atomic E-state index is -0.307. The molecule has 0 aromatic heterocycles. The third kappa shape index (κ3) is 6.44. The van der Waals surface area contributed by atoms with Gasteiger partial charge in [-0.2, -0.15) is 0 Å². The van der Waals surface area contributed by atoms with Gasteiger partial charge in [0.15, 0.2) is 11.5 Å². The monoisotopic (exact) mass is 428 g/mol. The van der Waals surface area contributed by atoms with Gasteiger partial charge in [0, 0.05) is 25.6 Å². The van der Waals surface area contributed by atoms with Crippen molar-refractivity contribution in [3.8, 4) is 11.5 Å². The Hall–Kier alpha value is -3.09. The smallest absolute Gasteiger partial charge is 0.226 e. The molecule has 0 radical (unpaired) electrons. The summed E-state index contributed by atoms with van der Waals surface area (Å²) in [4.78, 5) is 26.6. The summed E-state index contributed by atoms with van der Waals surface area (Å²) in [6.07, 6.45) is 2.73. The van der Waals surface area contributed by atoms with Crippen molar-refractivity contribution in [2.24, 2.45) is 0 Å². The second-order valence-corrected chi connectivity index (χ2v) is 7.72. The van der Waals surface area contributed by atoms with Crippen molar-refractivity contribution >= 4 is 11.8 Å². The number of carbonyl (C=O) groups is 2. The van der Waals surface area contributed by atoms with Gasteiger partial charge in [-0.3, -0.25) is 9.59 Å². The van der Waals surface area contributed by atoms with E-state index < -0.39 is 0 Å². The highest BCUT2D eigenvalue weighted by Gasteiger charge is 2.23. The summed E-state index contributed by atoms with van der Waals surface area (Å²) in [6, 6.07) is 11.7. The fourth-order valence-corrected chi connectivity index (χ4v) is 3.76. The number of methoxy groups -OCH3 is 2. The average Bonchev–Trinajstić information content (AvgIpc) is 2.79. The number of amides is 2. The Morgan fingerprint density at radius 2 is 1.65 bits per heavy atom. The number of nitrogens with zero attached hydrogens (tertiary/aromatic N) is 1. The van der Waals surface area contributed by atoms with E-state index in [4.69, 9.17) is 9.47 Å². The highest BCUT2D eigenvalue weighted by atomic mass is 19.1. The number of nitrogens with one attached hydrogen (secondary N) is 1. The fourth-order valence-electron chi connectivity index (χ4n) is 3.76. The minimum Gasteiger partial charge on any atom is -0.493 e. The predicted molar refractivity (Wildman–Crippen MR) is 116 cm³/mol. The molecule has 2 amide bonds. The molecular formula is C24H29FN2O4. The lowest BCUT2D eigenvalue weighted by Crippen LogP contribution is -2.47. The Balaban J connectivity index is 1.40. The van der Waals surface area contributed by atoms with E-state index in [1.807, 2.05) is 23.1 Å². The van der Waals surface area contributed by atoms with Gasteiger partial charge in [-0.1, -0.05) is 18.2 Å². The Bertz CT molecular complexity index is 893. The lowest BCUT2D eigenvalue weighted by molar-refractivity contribution is -0.131. The summed E-state index contributed by atoms with van der Waals surface area (Å²) in [5.41, 5.74) is 1.81. The van der Waals surface area contributed by atoms with Gasteiger partial charge < -0.3 is 19.7 Å². The largest absolute Gasteiger partial charge is 0.493 e. The molecular weight excluding hydrogens is 399 g/mol. The highest BCUT2D eigenvalue weighted by molar-refractivity contribution is 5.79. The molecule has 0 bridgehead atoms. The van der Waals surface area contributed by atoms with Crippen LogP contribution < -0.4 is 14.8 Å². The van der Waals surface area contributed by atoms with Crippen LogP contribution in [-0.2, 0) is 22.4 Å². The van der Waals surface area contributed by atoms with Crippen molar-refractivity contribution in [1.82, 2.24) is 10.2 Å². The van der Waals surface area contributed by atoms with Crippen LogP contribution in [0.5, 0.6) is 11.5 Å². The molecule has 0 unspecified atom stereocenters. The summed E-state index contributed by atoms with van der Waals surface area (Å²) < 4.78 is 23.5. The van der Waals surface area contributed by atoms with Gasteiger partial charge in [-0.05, 0) is 54.7 Å². The van der Waals surface area contributed by atoms with Gasteiger partial charge in [-0.15, -0.1) is 0 Å². The minimum absolute atomic E-state index is 0.00544. The second-order valence-electron chi connectivity index (χ2n) is 7.72. The van der Waals surface area contributed by atoms with Crippen LogP contribution in [0.15, 0.2) is 42.5 Å². The van der Waals surface area contributed by atoms with E-state index in [-0.39, 0.29) is 30.1 Å². The zero-order valence-corrected chi connectivity index (χ0v) is 18.0. The van der Waals surface area contributed by atoms with Gasteiger partial charge >= 0.3 is 0 Å². The molecule has 1 aliphatic heterocycles. The molecule has 0 aliphatic carbocycles. The van der Waals surface area contributed by atoms with Crippen LogP contribution in [0, 0.1) is 5.82 Å². The molecule has 6 nitrogen and oxygen atoms in total. The first-order valence-electron chi connectivity index (χ1n) is 10.5. The molecule has 1 aliphatic rings. The van der Waals surface area contributed by atoms with E-state index in [1.54, 1.807) is 26.4 Å². The zero-order chi connectivity index (χ0) is 22.2. The maximum atomic E-state index is 13.0. The Labute approximate surface area is 182 Å². The van der Waals surface area contributed by atoms with Crippen molar-refractivity contribution in [2.45, 2.75) is 38.1 Å². The Morgan fingerprint density at radius 1 is 1.00 bits per heavy atom. The molecule has 2 aromatic rings. The summed E-state index contributed by atoms with van der Waals surface area (Å²) in [5, 5.41) is 3.08. The summed E-state index contributed by atoms with van der Waals surface area (Å²) >= 11 is 0. The van der Waals surface area contributed by atoms with Crippen LogP contribution in [-0.4, -0.2) is 50.1 Å². The van der Waals surface area contributed by atoms with Gasteiger partial charge in [0.2, 0.25) is 11.8 Å². The SMILES string of the molecule is COc1ccc(CCC(=O)NC2CCN(C(=O)Cc3ccc(F)cc3)CC2)cc1OC. The lowest BCUT2D eigenvalue weighted by Gasteiger charge is -2.32. The Kier molecular flexibility index (Phi) is 7.87. The molecule has 0 saturated carbocycles. The molecule has 31 heavy (non-hydrogen) atoms. The van der Waals surface area contributed by atoms with Gasteiger partial charge in [0.25, 0.3) is 0 Å². The number of likely N-dealkylation sites (tertiary alicyclic amines) is 1. The molecule has 1 saturated heterocycles. The standard InChI is InChI=1S/C24H29FN2O4/c1-30-21-9-5-17(15-22(21)31-2)6-10-23(28)26-20-11-13-27(14-12-20)24(29)16-18-3-7-19(25)8-4-18/h3-5,7-9,15,20H,6,10-14,16H2,1-2H3,(H,26,28). The number of halogens is 1. The molecule has 166 valence electrons. The van der Waals surface area contributed by atoms with Crippen LogP contribution in [0.25, 0.3) is 0 Å². The van der Waals surface area contributed by atoms with Crippen molar-refractivity contribution in [3.63, 3.8) is 0 Å². The third-order valence-corrected chi connectivity index (χ3v) is 5.57. The second kappa shape index (κ2) is 10.8. The molecule has 1 heterocycles. The van der Waals surface area contributed by atoms with Crippen LogP contribution in [0.4, 0.5) is 4.39 Å². The van der Waals surface area contributed by atoms with Crippen molar-refractivity contribution in [2.75, 3.05) is 27.3 Å². The number of piperidine rings is 1. The van der Waals surface area contributed by atoms with Crippen LogP contribution in [0.1, 0.15) is 30.4 Å². The molecule has 1 fully saturated rings. The van der Waals surface area contributed by atoms with E-state index in [0.29, 0.717) is 37.4 Å². The molecule has 0 atom stereocenters. The fraction of sp³-hybridized carbons (Fsp3) is 0.417. The van der Waals surface area contributed by atoms with Gasteiger partial charge in [0.1, 0.15) is 5.82 Å². The third-order valence-electron chi connectivity index (χ3n) is 5.57. The average molecular weight is 429 g/mol. The predicted octanol–water partition coefficient (Wildman–Crippen LogP) is 3.13. The first-order valence-corrected chi connectivity index (χ1v) is 10.5. The molecule has 0 spiro atoms. The van der Waals surface area contributed by atoms with E-state index >= 15 is 0 Å². The van der Waals surface area contributed by atoms with Crippen molar-refractivity contribution < 1.29 is 23.5 Å². The van der Waals surface area contributed by atoms with Crippen molar-refractivity contribution in [1.29, 1.82) is 0 Å². The van der Waals surface area contributed by atoms with Gasteiger partial charge in [0.05, 0.1) is 20.6 Å². The van der Waals surface area contributed by atoms with Crippen molar-refractivity contribution in [3.05, 3.63) is 59.4 Å². The molecule has 2 aromatic carbocycles. The number of ether oxygens (including phenoxy) is 2. The first kappa shape index (κ1) is 22.6. The first-order chi connectivity index (χ1) is 15.0. The summed E-state index contributed by atoms with van der Waals surface area (Å²) in [5.74, 6) is 1.05. The maximum absolute atomic E-state index is 13.0. The summed E-state index contributed by atoms with van der Waals surface area (Å²) in [7, 11) is 3.18. The normalized spacial score (nSPS) is 14.2. The maximum Gasteiger partial charge on any atom is 0.226 e. The van der Waals surface area contributed by atoms with E-state index in [2.05, 4.69) is 5.32 Å². The quantitative estimate of drug-likeness (QED) is 0.702. The van der Waals surface area contributed by atoms with Crippen LogP contribution in [0.2, 0.25) is 0 Å². The van der Waals surface area contributed by atoms with Crippen LogP contribution >= 0.6 is 0 Å². The number of rotatable bonds is 8. The number of hydrogen-bond acceptors (Lipinski definition) is 4. The Morgan fingerprint density at radius 3 is 2.29 bits per heavy atom. The van der Waals surface area contributed by atoms with E-state index in [9.17, 15) is 14.0 Å². The summed E-state index contributed by atoms with van der Waals surface area (Å²) in [6.45, 7) is 1.22.